The van der Waals surface area contributed by atoms with Crippen molar-refractivity contribution in [1.82, 2.24) is 9.78 Å². The third-order valence-electron chi connectivity index (χ3n) is 4.08. The third-order valence-corrected chi connectivity index (χ3v) is 4.08. The fourth-order valence-electron chi connectivity index (χ4n) is 2.71. The van der Waals surface area contributed by atoms with E-state index in [-0.39, 0.29) is 23.7 Å². The van der Waals surface area contributed by atoms with Crippen molar-refractivity contribution in [2.45, 2.75) is 27.0 Å². The summed E-state index contributed by atoms with van der Waals surface area (Å²) in [6, 6.07) is 12.1. The Balaban J connectivity index is 1.69. The molecule has 3 aromatic rings. The van der Waals surface area contributed by atoms with E-state index >= 15 is 0 Å². The molecule has 0 aliphatic rings. The number of halogens is 2. The van der Waals surface area contributed by atoms with Crippen LogP contribution >= 0.6 is 0 Å². The van der Waals surface area contributed by atoms with Gasteiger partial charge in [-0.05, 0) is 37.6 Å². The first-order chi connectivity index (χ1) is 13.9. The minimum Gasteiger partial charge on any atom is -0.490 e. The van der Waals surface area contributed by atoms with Gasteiger partial charge in [0.15, 0.2) is 11.5 Å². The van der Waals surface area contributed by atoms with Crippen LogP contribution in [0.3, 0.4) is 0 Å². The number of alkyl halides is 2. The molecule has 8 heteroatoms. The number of ether oxygens (including phenoxy) is 2. The maximum atomic E-state index is 12.5. The molecule has 0 fully saturated rings. The van der Waals surface area contributed by atoms with Crippen molar-refractivity contribution in [3.8, 4) is 11.5 Å². The second-order valence-electron chi connectivity index (χ2n) is 6.34. The number of anilines is 1. The van der Waals surface area contributed by atoms with Crippen molar-refractivity contribution >= 4 is 11.6 Å². The van der Waals surface area contributed by atoms with Crippen LogP contribution in [0.4, 0.5) is 14.5 Å². The highest BCUT2D eigenvalue weighted by molar-refractivity contribution is 6.04. The molecule has 0 atom stereocenters. The Bertz CT molecular complexity index is 972. The Labute approximate surface area is 167 Å². The predicted octanol–water partition coefficient (Wildman–Crippen LogP) is 4.49. The van der Waals surface area contributed by atoms with Crippen LogP contribution in [0.15, 0.2) is 54.9 Å². The molecule has 3 rings (SSSR count). The normalized spacial score (nSPS) is 10.8. The molecule has 1 N–H and O–H groups in total. The van der Waals surface area contributed by atoms with Gasteiger partial charge in [0.05, 0.1) is 25.0 Å². The predicted molar refractivity (Wildman–Crippen MR) is 105 cm³/mol. The molecule has 2 aromatic carbocycles. The number of hydrogen-bond acceptors (Lipinski definition) is 4. The van der Waals surface area contributed by atoms with Crippen LogP contribution in [0, 0.1) is 6.92 Å². The number of amides is 1. The van der Waals surface area contributed by atoms with Gasteiger partial charge in [-0.1, -0.05) is 29.8 Å². The van der Waals surface area contributed by atoms with Gasteiger partial charge < -0.3 is 14.8 Å². The number of nitrogens with one attached hydrogen (secondary N) is 1. The molecule has 0 saturated heterocycles. The fraction of sp³-hybridized carbons (Fsp3) is 0.238. The highest BCUT2D eigenvalue weighted by Gasteiger charge is 2.15. The van der Waals surface area contributed by atoms with Gasteiger partial charge in [0, 0.05) is 11.8 Å². The van der Waals surface area contributed by atoms with E-state index < -0.39 is 12.5 Å². The summed E-state index contributed by atoms with van der Waals surface area (Å²) in [6.07, 6.45) is 3.26. The molecule has 152 valence electrons. The van der Waals surface area contributed by atoms with Crippen molar-refractivity contribution in [3.05, 3.63) is 71.5 Å². The Morgan fingerprint density at radius 1 is 1.17 bits per heavy atom. The summed E-state index contributed by atoms with van der Waals surface area (Å²) in [6.45, 7) is 1.57. The standard InChI is InChI=1S/C21H21F2N3O3/c1-3-28-19-10-16(8-9-18(19)29-21(22)23)20(27)25-17-11-24-26(13-17)12-15-6-4-14(2)5-7-15/h4-11,13,21H,3,12H2,1-2H3,(H,25,27). The number of nitrogens with zero attached hydrogens (tertiary/aromatic N) is 2. The quantitative estimate of drug-likeness (QED) is 0.604. The third kappa shape index (κ3) is 5.54. The summed E-state index contributed by atoms with van der Waals surface area (Å²) in [4.78, 5) is 12.5. The van der Waals surface area contributed by atoms with Gasteiger partial charge in [-0.25, -0.2) is 0 Å². The van der Waals surface area contributed by atoms with Crippen molar-refractivity contribution in [2.24, 2.45) is 0 Å². The zero-order valence-corrected chi connectivity index (χ0v) is 16.1. The van der Waals surface area contributed by atoms with Gasteiger partial charge in [-0.15, -0.1) is 0 Å². The highest BCUT2D eigenvalue weighted by atomic mass is 19.3. The number of aromatic nitrogens is 2. The lowest BCUT2D eigenvalue weighted by molar-refractivity contribution is -0.0514. The van der Waals surface area contributed by atoms with Gasteiger partial charge >= 0.3 is 6.61 Å². The summed E-state index contributed by atoms with van der Waals surface area (Å²) in [5.74, 6) is -0.454. The molecule has 0 aliphatic carbocycles. The summed E-state index contributed by atoms with van der Waals surface area (Å²) in [5, 5.41) is 6.98. The van der Waals surface area contributed by atoms with E-state index in [0.717, 1.165) is 5.56 Å². The molecule has 0 aliphatic heterocycles. The van der Waals surface area contributed by atoms with Gasteiger partial charge in [-0.2, -0.15) is 13.9 Å². The van der Waals surface area contributed by atoms with E-state index in [4.69, 9.17) is 4.74 Å². The van der Waals surface area contributed by atoms with E-state index in [1.807, 2.05) is 31.2 Å². The number of rotatable bonds is 8. The number of hydrogen-bond donors (Lipinski definition) is 1. The van der Waals surface area contributed by atoms with Crippen LogP contribution in [0.25, 0.3) is 0 Å². The largest absolute Gasteiger partial charge is 0.490 e. The maximum Gasteiger partial charge on any atom is 0.387 e. The zero-order valence-electron chi connectivity index (χ0n) is 16.1. The molecule has 1 amide bonds. The molecule has 0 saturated carbocycles. The van der Waals surface area contributed by atoms with Gasteiger partial charge in [0.1, 0.15) is 0 Å². The summed E-state index contributed by atoms with van der Waals surface area (Å²) in [7, 11) is 0. The zero-order chi connectivity index (χ0) is 20.8. The van der Waals surface area contributed by atoms with E-state index in [1.165, 1.54) is 23.8 Å². The molecule has 1 heterocycles. The lowest BCUT2D eigenvalue weighted by atomic mass is 10.1. The summed E-state index contributed by atoms with van der Waals surface area (Å²) < 4.78 is 36.4. The summed E-state index contributed by atoms with van der Waals surface area (Å²) >= 11 is 0. The van der Waals surface area contributed by atoms with Crippen LogP contribution in [0.1, 0.15) is 28.4 Å². The van der Waals surface area contributed by atoms with Crippen LogP contribution in [-0.2, 0) is 6.54 Å². The Morgan fingerprint density at radius 3 is 2.62 bits per heavy atom. The second kappa shape index (κ2) is 9.18. The molecular formula is C21H21F2N3O3. The topological polar surface area (TPSA) is 65.4 Å². The van der Waals surface area contributed by atoms with E-state index in [0.29, 0.717) is 12.2 Å². The van der Waals surface area contributed by atoms with Crippen LogP contribution in [0.2, 0.25) is 0 Å². The molecule has 0 radical (unpaired) electrons. The number of benzene rings is 2. The van der Waals surface area contributed by atoms with Crippen molar-refractivity contribution in [1.29, 1.82) is 0 Å². The average Bonchev–Trinajstić information content (AvgIpc) is 3.11. The number of carbonyl (C=O) groups is 1. The SMILES string of the molecule is CCOc1cc(C(=O)Nc2cnn(Cc3ccc(C)cc3)c2)ccc1OC(F)F. The lowest BCUT2D eigenvalue weighted by Gasteiger charge is -2.12. The first-order valence-corrected chi connectivity index (χ1v) is 9.05. The Hall–Kier alpha value is -3.42. The molecule has 0 unspecified atom stereocenters. The highest BCUT2D eigenvalue weighted by Crippen LogP contribution is 2.30. The first kappa shape index (κ1) is 20.3. The van der Waals surface area contributed by atoms with Gasteiger partial charge in [0.2, 0.25) is 0 Å². The van der Waals surface area contributed by atoms with E-state index in [1.54, 1.807) is 24.0 Å². The first-order valence-electron chi connectivity index (χ1n) is 9.05. The molecule has 1 aromatic heterocycles. The lowest BCUT2D eigenvalue weighted by Crippen LogP contribution is -2.12. The molecule has 0 bridgehead atoms. The van der Waals surface area contributed by atoms with Gasteiger partial charge in [-0.3, -0.25) is 9.48 Å². The second-order valence-corrected chi connectivity index (χ2v) is 6.34. The van der Waals surface area contributed by atoms with Crippen molar-refractivity contribution in [2.75, 3.05) is 11.9 Å². The monoisotopic (exact) mass is 401 g/mol. The minimum absolute atomic E-state index is 0.0792. The average molecular weight is 401 g/mol. The van der Waals surface area contributed by atoms with Crippen molar-refractivity contribution in [3.63, 3.8) is 0 Å². The number of aryl methyl sites for hydroxylation is 1. The molecular weight excluding hydrogens is 380 g/mol. The van der Waals surface area contributed by atoms with Crippen LogP contribution in [-0.4, -0.2) is 28.9 Å². The molecule has 6 nitrogen and oxygen atoms in total. The number of carbonyl (C=O) groups excluding carboxylic acids is 1. The smallest absolute Gasteiger partial charge is 0.387 e. The Kier molecular flexibility index (Phi) is 6.43. The maximum absolute atomic E-state index is 12.5. The summed E-state index contributed by atoms with van der Waals surface area (Å²) in [5.41, 5.74) is 3.04. The molecule has 0 spiro atoms. The van der Waals surface area contributed by atoms with Crippen LogP contribution < -0.4 is 14.8 Å². The Morgan fingerprint density at radius 2 is 1.93 bits per heavy atom. The van der Waals surface area contributed by atoms with E-state index in [2.05, 4.69) is 15.2 Å². The van der Waals surface area contributed by atoms with Crippen molar-refractivity contribution < 1.29 is 23.0 Å². The van der Waals surface area contributed by atoms with Gasteiger partial charge in [0.25, 0.3) is 5.91 Å². The molecule has 29 heavy (non-hydrogen) atoms. The fourth-order valence-corrected chi connectivity index (χ4v) is 2.71. The van der Waals surface area contributed by atoms with E-state index in [9.17, 15) is 13.6 Å². The minimum atomic E-state index is -2.98. The van der Waals surface area contributed by atoms with Crippen LogP contribution in [0.5, 0.6) is 11.5 Å².